The first kappa shape index (κ1) is 22.0. The van der Waals surface area contributed by atoms with Gasteiger partial charge in [-0.25, -0.2) is 8.42 Å². The zero-order valence-electron chi connectivity index (χ0n) is 16.9. The summed E-state index contributed by atoms with van der Waals surface area (Å²) in [6.07, 6.45) is 0. The van der Waals surface area contributed by atoms with E-state index in [0.717, 1.165) is 5.56 Å². The van der Waals surface area contributed by atoms with Gasteiger partial charge in [-0.2, -0.15) is 4.31 Å². The van der Waals surface area contributed by atoms with Crippen LogP contribution < -0.4 is 0 Å². The Hall–Kier alpha value is -2.24. The molecule has 2 aromatic carbocycles. The summed E-state index contributed by atoms with van der Waals surface area (Å²) in [6.45, 7) is 2.06. The largest absolute Gasteiger partial charge is 0.396 e. The molecule has 1 aromatic heterocycles. The summed E-state index contributed by atoms with van der Waals surface area (Å²) in [4.78, 5) is 0.228. The lowest BCUT2D eigenvalue weighted by Gasteiger charge is -2.26. The normalized spacial score (nSPS) is 15.3. The van der Waals surface area contributed by atoms with Crippen LogP contribution in [0.15, 0.2) is 64.6 Å². The van der Waals surface area contributed by atoms with Gasteiger partial charge in [-0.05, 0) is 17.7 Å². The first-order valence-electron chi connectivity index (χ1n) is 9.99. The number of rotatable bonds is 8. The number of hydrogen-bond acceptors (Lipinski definition) is 7. The third-order valence-corrected chi connectivity index (χ3v) is 7.76. The van der Waals surface area contributed by atoms with Crippen LogP contribution in [0.5, 0.6) is 0 Å². The molecule has 1 aliphatic heterocycles. The Morgan fingerprint density at radius 3 is 2.55 bits per heavy atom. The van der Waals surface area contributed by atoms with Crippen molar-refractivity contribution in [1.29, 1.82) is 0 Å². The second-order valence-corrected chi connectivity index (χ2v) is 9.99. The lowest BCUT2D eigenvalue weighted by molar-refractivity contribution is 0.0730. The van der Waals surface area contributed by atoms with Crippen molar-refractivity contribution in [2.75, 3.05) is 38.7 Å². The minimum absolute atomic E-state index is 0.0332. The molecular formula is C21H24N4O4S2. The van der Waals surface area contributed by atoms with Crippen LogP contribution in [0.25, 0.3) is 11.4 Å². The van der Waals surface area contributed by atoms with Gasteiger partial charge >= 0.3 is 0 Å². The van der Waals surface area contributed by atoms with E-state index >= 15 is 0 Å². The van der Waals surface area contributed by atoms with Crippen LogP contribution in [0, 0.1) is 0 Å². The van der Waals surface area contributed by atoms with Gasteiger partial charge in [-0.3, -0.25) is 4.57 Å². The van der Waals surface area contributed by atoms with Gasteiger partial charge in [0.2, 0.25) is 10.0 Å². The van der Waals surface area contributed by atoms with Crippen molar-refractivity contribution in [3.63, 3.8) is 0 Å². The van der Waals surface area contributed by atoms with Gasteiger partial charge in [0.1, 0.15) is 0 Å². The van der Waals surface area contributed by atoms with Crippen molar-refractivity contribution in [2.45, 2.75) is 16.6 Å². The minimum Gasteiger partial charge on any atom is -0.396 e. The van der Waals surface area contributed by atoms with Gasteiger partial charge in [0.15, 0.2) is 11.0 Å². The van der Waals surface area contributed by atoms with E-state index in [1.165, 1.54) is 16.1 Å². The van der Waals surface area contributed by atoms with Crippen molar-refractivity contribution in [2.24, 2.45) is 0 Å². The van der Waals surface area contributed by atoms with Crippen molar-refractivity contribution in [1.82, 2.24) is 19.1 Å². The van der Waals surface area contributed by atoms with Crippen molar-refractivity contribution >= 4 is 21.8 Å². The number of aliphatic hydroxyl groups is 1. The third-order valence-electron chi connectivity index (χ3n) is 4.92. The molecule has 3 aromatic rings. The highest BCUT2D eigenvalue weighted by Gasteiger charge is 2.27. The topological polar surface area (TPSA) is 97.6 Å². The standard InChI is InChI=1S/C21H24N4O4S2/c26-11-14-30-21-23-22-20(25(21)16-17-5-2-1-3-6-17)18-7-4-8-19(15-18)31(27,28)24-9-12-29-13-10-24/h1-8,15,26H,9-14,16H2. The Morgan fingerprint density at radius 2 is 1.81 bits per heavy atom. The van der Waals surface area contributed by atoms with Gasteiger partial charge in [0.25, 0.3) is 0 Å². The molecule has 10 heteroatoms. The molecule has 31 heavy (non-hydrogen) atoms. The first-order chi connectivity index (χ1) is 15.1. The van der Waals surface area contributed by atoms with Crippen LogP contribution in [0.1, 0.15) is 5.56 Å². The van der Waals surface area contributed by atoms with E-state index in [4.69, 9.17) is 4.74 Å². The number of aliphatic hydroxyl groups excluding tert-OH is 1. The second kappa shape index (κ2) is 9.92. The quantitative estimate of drug-likeness (QED) is 0.514. The van der Waals surface area contributed by atoms with Crippen LogP contribution in [0.4, 0.5) is 0 Å². The van der Waals surface area contributed by atoms with E-state index in [0.29, 0.717) is 55.1 Å². The van der Waals surface area contributed by atoms with Gasteiger partial charge in [-0.1, -0.05) is 54.2 Å². The fourth-order valence-electron chi connectivity index (χ4n) is 3.39. The highest BCUT2D eigenvalue weighted by atomic mass is 32.2. The molecule has 1 fully saturated rings. The van der Waals surface area contributed by atoms with E-state index < -0.39 is 10.0 Å². The maximum absolute atomic E-state index is 13.1. The van der Waals surface area contributed by atoms with Gasteiger partial charge in [-0.15, -0.1) is 10.2 Å². The van der Waals surface area contributed by atoms with E-state index in [2.05, 4.69) is 10.2 Å². The van der Waals surface area contributed by atoms with E-state index in [9.17, 15) is 13.5 Å². The first-order valence-corrected chi connectivity index (χ1v) is 12.4. The Morgan fingerprint density at radius 1 is 1.03 bits per heavy atom. The van der Waals surface area contributed by atoms with Gasteiger partial charge in [0.05, 0.1) is 31.3 Å². The molecule has 8 nitrogen and oxygen atoms in total. The molecule has 1 N–H and O–H groups in total. The molecule has 0 radical (unpaired) electrons. The third kappa shape index (κ3) is 4.99. The van der Waals surface area contributed by atoms with Crippen molar-refractivity contribution in [3.8, 4) is 11.4 Å². The maximum atomic E-state index is 13.1. The smallest absolute Gasteiger partial charge is 0.243 e. The molecule has 4 rings (SSSR count). The molecule has 0 bridgehead atoms. The molecule has 0 unspecified atom stereocenters. The number of sulfonamides is 1. The predicted molar refractivity (Wildman–Crippen MR) is 118 cm³/mol. The molecule has 0 aliphatic carbocycles. The Balaban J connectivity index is 1.70. The summed E-state index contributed by atoms with van der Waals surface area (Å²) in [5, 5.41) is 18.5. The number of ether oxygens (including phenoxy) is 1. The molecular weight excluding hydrogens is 436 g/mol. The summed E-state index contributed by atoms with van der Waals surface area (Å²) >= 11 is 1.41. The van der Waals surface area contributed by atoms with Crippen LogP contribution in [0.3, 0.4) is 0 Å². The Bertz CT molecular complexity index is 1110. The minimum atomic E-state index is -3.61. The molecule has 1 aliphatic rings. The maximum Gasteiger partial charge on any atom is 0.243 e. The summed E-state index contributed by atoms with van der Waals surface area (Å²) in [7, 11) is -3.61. The van der Waals surface area contributed by atoms with E-state index in [1.807, 2.05) is 41.0 Å². The summed E-state index contributed by atoms with van der Waals surface area (Å²) < 4.78 is 34.9. The molecule has 2 heterocycles. The fourth-order valence-corrected chi connectivity index (χ4v) is 5.52. The van der Waals surface area contributed by atoms with Crippen LogP contribution in [0.2, 0.25) is 0 Å². The number of nitrogens with zero attached hydrogens (tertiary/aromatic N) is 4. The number of aromatic nitrogens is 3. The molecule has 164 valence electrons. The lowest BCUT2D eigenvalue weighted by Crippen LogP contribution is -2.40. The summed E-state index contributed by atoms with van der Waals surface area (Å²) in [6, 6.07) is 16.7. The Labute approximate surface area is 185 Å². The molecule has 0 saturated carbocycles. The zero-order valence-corrected chi connectivity index (χ0v) is 18.6. The fraction of sp³-hybridized carbons (Fsp3) is 0.333. The molecule has 0 amide bonds. The predicted octanol–water partition coefficient (Wildman–Crippen LogP) is 2.10. The average Bonchev–Trinajstić information content (AvgIpc) is 3.21. The monoisotopic (exact) mass is 460 g/mol. The van der Waals surface area contributed by atoms with Crippen molar-refractivity contribution < 1.29 is 18.3 Å². The number of morpholine rings is 1. The van der Waals surface area contributed by atoms with Crippen LogP contribution in [-0.2, 0) is 21.3 Å². The summed E-state index contributed by atoms with van der Waals surface area (Å²) in [5.74, 6) is 1.08. The SMILES string of the molecule is O=S(=O)(c1cccc(-c2nnc(SCCO)n2Cc2ccccc2)c1)N1CCOCC1. The molecule has 0 spiro atoms. The van der Waals surface area contributed by atoms with Gasteiger partial charge in [0, 0.05) is 24.4 Å². The molecule has 0 atom stereocenters. The highest BCUT2D eigenvalue weighted by molar-refractivity contribution is 7.99. The lowest BCUT2D eigenvalue weighted by atomic mass is 10.2. The number of thioether (sulfide) groups is 1. The molecule has 1 saturated heterocycles. The van der Waals surface area contributed by atoms with Crippen LogP contribution in [-0.4, -0.2) is 71.3 Å². The van der Waals surface area contributed by atoms with Crippen molar-refractivity contribution in [3.05, 3.63) is 60.2 Å². The highest BCUT2D eigenvalue weighted by Crippen LogP contribution is 2.28. The van der Waals surface area contributed by atoms with E-state index in [1.54, 1.807) is 18.2 Å². The Kier molecular flexibility index (Phi) is 7.03. The number of hydrogen-bond donors (Lipinski definition) is 1. The zero-order chi connectivity index (χ0) is 21.7. The van der Waals surface area contributed by atoms with Gasteiger partial charge < -0.3 is 9.84 Å². The van der Waals surface area contributed by atoms with Crippen LogP contribution >= 0.6 is 11.8 Å². The second-order valence-electron chi connectivity index (χ2n) is 6.99. The number of benzene rings is 2. The summed E-state index contributed by atoms with van der Waals surface area (Å²) in [5.41, 5.74) is 1.75. The van der Waals surface area contributed by atoms with E-state index in [-0.39, 0.29) is 11.5 Å². The average molecular weight is 461 g/mol.